The molecule has 0 aliphatic carbocycles. The van der Waals surface area contributed by atoms with E-state index in [0.29, 0.717) is 21.8 Å². The summed E-state index contributed by atoms with van der Waals surface area (Å²) in [5.41, 5.74) is 0.218. The highest BCUT2D eigenvalue weighted by Gasteiger charge is 2.45. The van der Waals surface area contributed by atoms with Crippen molar-refractivity contribution in [3.05, 3.63) is 142 Å². The van der Waals surface area contributed by atoms with Crippen LogP contribution in [-0.4, -0.2) is 43.4 Å². The molecule has 276 valence electrons. The van der Waals surface area contributed by atoms with E-state index in [0.717, 1.165) is 34.1 Å². The van der Waals surface area contributed by atoms with E-state index < -0.39 is 47.1 Å². The Morgan fingerprint density at radius 2 is 0.768 bits per heavy atom. The zero-order chi connectivity index (χ0) is 39.0. The summed E-state index contributed by atoms with van der Waals surface area (Å²) in [4.78, 5) is 67.7. The molecule has 2 N–H and O–H groups in total. The normalized spacial score (nSPS) is 14.8. The largest absolute Gasteiger partial charge is 0.416 e. The maximum absolute atomic E-state index is 14.8. The molecule has 0 saturated carbocycles. The van der Waals surface area contributed by atoms with Crippen LogP contribution in [0, 0.1) is 0 Å². The molecule has 0 bridgehead atoms. The molecule has 0 atom stereocenters. The van der Waals surface area contributed by atoms with Gasteiger partial charge < -0.3 is 9.97 Å². The molecule has 0 spiro atoms. The summed E-state index contributed by atoms with van der Waals surface area (Å²) in [6.07, 6.45) is -9.21. The topological polar surface area (TPSA) is 106 Å². The number of carbonyl (C=O) groups is 4. The van der Waals surface area contributed by atoms with Crippen LogP contribution in [0.4, 0.5) is 26.3 Å². The van der Waals surface area contributed by atoms with Crippen molar-refractivity contribution in [2.24, 2.45) is 0 Å². The molecule has 14 heteroatoms. The van der Waals surface area contributed by atoms with E-state index in [2.05, 4.69) is 9.97 Å². The van der Waals surface area contributed by atoms with E-state index >= 15 is 0 Å². The number of imide groups is 2. The smallest absolute Gasteiger partial charge is 0.354 e. The van der Waals surface area contributed by atoms with E-state index in [4.69, 9.17) is 0 Å². The molecule has 0 saturated heterocycles. The first-order chi connectivity index (χ1) is 26.7. The SMILES string of the molecule is O=C1c2c3[nH]c4ccccc4c3c3c4c(c5[nH]c6ccccc6c5c(c24)C(=O)N1Cc1ccc(C(F)(F)F)cc1)C(=O)N(Cc1ccc(C(F)(F)F)cc1)C3=O. The summed E-state index contributed by atoms with van der Waals surface area (Å²) in [5, 5.41) is 1.77. The number of amides is 4. The van der Waals surface area contributed by atoms with Crippen LogP contribution in [0.15, 0.2) is 97.1 Å². The first kappa shape index (κ1) is 33.6. The maximum atomic E-state index is 14.8. The Morgan fingerprint density at radius 1 is 0.429 bits per heavy atom. The van der Waals surface area contributed by atoms with Gasteiger partial charge in [-0.05, 0) is 47.5 Å². The molecular formula is C42H22F6N4O4. The number of nitrogens with one attached hydrogen (secondary N) is 2. The van der Waals surface area contributed by atoms with Crippen LogP contribution in [0.3, 0.4) is 0 Å². The van der Waals surface area contributed by atoms with Gasteiger partial charge in [-0.15, -0.1) is 0 Å². The molecule has 10 rings (SSSR count). The number of para-hydroxylation sites is 2. The number of nitrogens with zero attached hydrogens (tertiary/aromatic N) is 2. The Morgan fingerprint density at radius 3 is 1.12 bits per heavy atom. The highest BCUT2D eigenvalue weighted by atomic mass is 19.4. The molecule has 8 nitrogen and oxygen atoms in total. The number of H-pyrrole nitrogens is 2. The van der Waals surface area contributed by atoms with Gasteiger partial charge in [-0.1, -0.05) is 60.7 Å². The lowest BCUT2D eigenvalue weighted by molar-refractivity contribution is -0.138. The van der Waals surface area contributed by atoms with Crippen LogP contribution in [0.1, 0.15) is 63.7 Å². The molecule has 0 fully saturated rings. The molecule has 4 heterocycles. The summed E-state index contributed by atoms with van der Waals surface area (Å²) in [5.74, 6) is -3.14. The minimum Gasteiger partial charge on any atom is -0.354 e. The van der Waals surface area contributed by atoms with E-state index in [1.165, 1.54) is 24.3 Å². The fourth-order valence-corrected chi connectivity index (χ4v) is 8.26. The maximum Gasteiger partial charge on any atom is 0.416 e. The van der Waals surface area contributed by atoms with Crippen molar-refractivity contribution in [1.82, 2.24) is 19.8 Å². The number of carbonyl (C=O) groups excluding carboxylic acids is 4. The first-order valence-electron chi connectivity index (χ1n) is 17.2. The standard InChI is InChI=1S/C42H22F6N4O4/c43-41(44,45)21-13-9-19(10-14-21)17-51-37(53)31-27-23-5-1-3-7-25(23)49-35(27)33-30-29(31)34(40(51)56)36-28(24-6-2-4-8-26(24)50-36)32(30)38(54)52(39(33)55)18-20-11-15-22(16-12-20)42(46,47)48/h1-16,49-50H,17-18H2. The van der Waals surface area contributed by atoms with Crippen molar-refractivity contribution in [2.75, 3.05) is 0 Å². The van der Waals surface area contributed by atoms with Crippen LogP contribution < -0.4 is 0 Å². The number of fused-ring (bicyclic) bond motifs is 10. The molecular weight excluding hydrogens is 738 g/mol. The van der Waals surface area contributed by atoms with Crippen molar-refractivity contribution in [1.29, 1.82) is 0 Å². The van der Waals surface area contributed by atoms with Crippen LogP contribution in [-0.2, 0) is 25.4 Å². The molecule has 2 aliphatic rings. The average molecular weight is 761 g/mol. The van der Waals surface area contributed by atoms with Crippen LogP contribution >= 0.6 is 0 Å². The molecule has 56 heavy (non-hydrogen) atoms. The van der Waals surface area contributed by atoms with Gasteiger partial charge in [0.1, 0.15) is 0 Å². The Kier molecular flexibility index (Phi) is 6.77. The number of aromatic nitrogens is 2. The summed E-state index contributed by atoms with van der Waals surface area (Å²) in [7, 11) is 0. The molecule has 0 radical (unpaired) electrons. The number of hydrogen-bond acceptors (Lipinski definition) is 4. The van der Waals surface area contributed by atoms with Gasteiger partial charge in [-0.2, -0.15) is 26.3 Å². The van der Waals surface area contributed by atoms with Crippen LogP contribution in [0.2, 0.25) is 0 Å². The highest BCUT2D eigenvalue weighted by Crippen LogP contribution is 2.50. The van der Waals surface area contributed by atoms with Gasteiger partial charge in [-0.25, -0.2) is 0 Å². The molecule has 6 aromatic carbocycles. The van der Waals surface area contributed by atoms with Crippen molar-refractivity contribution < 1.29 is 45.5 Å². The number of rotatable bonds is 4. The van der Waals surface area contributed by atoms with Gasteiger partial charge in [0.05, 0.1) is 57.5 Å². The number of alkyl halides is 6. The van der Waals surface area contributed by atoms with Crippen molar-refractivity contribution in [3.8, 4) is 0 Å². The Balaban J connectivity index is 1.28. The van der Waals surface area contributed by atoms with E-state index in [-0.39, 0.29) is 79.0 Å². The predicted octanol–water partition coefficient (Wildman–Crippen LogP) is 9.74. The van der Waals surface area contributed by atoms with Gasteiger partial charge in [0.15, 0.2) is 0 Å². The fraction of sp³-hybridized carbons (Fsp3) is 0.0952. The Labute approximate surface area is 309 Å². The van der Waals surface area contributed by atoms with Crippen molar-refractivity contribution in [2.45, 2.75) is 25.4 Å². The molecule has 2 aliphatic heterocycles. The molecule has 8 aromatic rings. The minimum atomic E-state index is -4.60. The van der Waals surface area contributed by atoms with Gasteiger partial charge in [0, 0.05) is 43.4 Å². The minimum absolute atomic E-state index is 0.00156. The predicted molar refractivity (Wildman–Crippen MR) is 194 cm³/mol. The van der Waals surface area contributed by atoms with Crippen LogP contribution in [0.25, 0.3) is 54.4 Å². The van der Waals surface area contributed by atoms with Crippen molar-refractivity contribution in [3.63, 3.8) is 0 Å². The number of benzene rings is 6. The number of aromatic amines is 2. The summed E-state index contributed by atoms with van der Waals surface area (Å²) in [6.45, 7) is -0.769. The lowest BCUT2D eigenvalue weighted by atomic mass is 9.81. The summed E-state index contributed by atoms with van der Waals surface area (Å²) in [6, 6.07) is 22.1. The second-order valence-electron chi connectivity index (χ2n) is 13.9. The third-order valence-corrected chi connectivity index (χ3v) is 10.7. The molecule has 2 aromatic heterocycles. The van der Waals surface area contributed by atoms with Gasteiger partial charge in [-0.3, -0.25) is 29.0 Å². The van der Waals surface area contributed by atoms with E-state index in [1.54, 1.807) is 48.5 Å². The van der Waals surface area contributed by atoms with Gasteiger partial charge >= 0.3 is 12.4 Å². The zero-order valence-corrected chi connectivity index (χ0v) is 28.4. The zero-order valence-electron chi connectivity index (χ0n) is 28.4. The number of halogens is 6. The second kappa shape index (κ2) is 11.3. The fourth-order valence-electron chi connectivity index (χ4n) is 8.26. The van der Waals surface area contributed by atoms with E-state index in [9.17, 15) is 45.5 Å². The Hall–Kier alpha value is -6.96. The summed E-state index contributed by atoms with van der Waals surface area (Å²) >= 11 is 0. The van der Waals surface area contributed by atoms with Gasteiger partial charge in [0.2, 0.25) is 0 Å². The third kappa shape index (κ3) is 4.61. The second-order valence-corrected chi connectivity index (χ2v) is 13.9. The number of hydrogen-bond donors (Lipinski definition) is 2. The quantitative estimate of drug-likeness (QED) is 0.138. The molecule has 4 amide bonds. The lowest BCUT2D eigenvalue weighted by Gasteiger charge is -2.33. The highest BCUT2D eigenvalue weighted by molar-refractivity contribution is 6.45. The van der Waals surface area contributed by atoms with E-state index in [1.807, 2.05) is 0 Å². The lowest BCUT2D eigenvalue weighted by Crippen LogP contribution is -2.43. The Bertz CT molecular complexity index is 2880. The summed E-state index contributed by atoms with van der Waals surface area (Å²) < 4.78 is 80.4. The monoisotopic (exact) mass is 760 g/mol. The van der Waals surface area contributed by atoms with Crippen molar-refractivity contribution >= 4 is 78.0 Å². The van der Waals surface area contributed by atoms with Crippen LogP contribution in [0.5, 0.6) is 0 Å². The molecule has 0 unspecified atom stereocenters. The average Bonchev–Trinajstić information content (AvgIpc) is 3.74. The van der Waals surface area contributed by atoms with Gasteiger partial charge in [0.25, 0.3) is 23.6 Å². The first-order valence-corrected chi connectivity index (χ1v) is 17.2. The third-order valence-electron chi connectivity index (χ3n) is 10.7.